The first kappa shape index (κ1) is 20.1. The molecule has 2 aromatic carbocycles. The third-order valence-electron chi connectivity index (χ3n) is 4.62. The van der Waals surface area contributed by atoms with Gasteiger partial charge in [0.15, 0.2) is 0 Å². The molecule has 0 bridgehead atoms. The molecule has 0 saturated heterocycles. The zero-order chi connectivity index (χ0) is 21.8. The molecule has 7 nitrogen and oxygen atoms in total. The topological polar surface area (TPSA) is 93.5 Å². The van der Waals surface area contributed by atoms with Gasteiger partial charge in [0.25, 0.3) is 5.91 Å². The molecule has 0 unspecified atom stereocenters. The second-order valence-corrected chi connectivity index (χ2v) is 6.71. The van der Waals surface area contributed by atoms with E-state index in [1.165, 1.54) is 24.6 Å². The smallest absolute Gasteiger partial charge is 0.274 e. The average molecular weight is 419 g/mol. The van der Waals surface area contributed by atoms with Crippen LogP contribution in [-0.4, -0.2) is 23.9 Å². The molecule has 4 rings (SSSR count). The summed E-state index contributed by atoms with van der Waals surface area (Å²) in [5.74, 6) is -0.771. The van der Waals surface area contributed by atoms with E-state index in [4.69, 9.17) is 9.15 Å². The highest BCUT2D eigenvalue weighted by atomic mass is 19.1. The molecule has 2 N–H and O–H groups in total. The highest BCUT2D eigenvalue weighted by Gasteiger charge is 2.15. The van der Waals surface area contributed by atoms with Crippen molar-refractivity contribution in [3.05, 3.63) is 84.1 Å². The summed E-state index contributed by atoms with van der Waals surface area (Å²) in [7, 11) is 1.56. The number of ether oxygens (including phenoxy) is 1. The molecule has 0 radical (unpaired) electrons. The molecule has 0 aliphatic heterocycles. The predicted molar refractivity (Wildman–Crippen MR) is 114 cm³/mol. The van der Waals surface area contributed by atoms with Gasteiger partial charge in [-0.2, -0.15) is 0 Å². The number of pyridine rings is 1. The quantitative estimate of drug-likeness (QED) is 0.483. The number of rotatable bonds is 6. The molecule has 2 amide bonds. The zero-order valence-electron chi connectivity index (χ0n) is 16.5. The van der Waals surface area contributed by atoms with E-state index in [2.05, 4.69) is 15.6 Å². The van der Waals surface area contributed by atoms with Crippen molar-refractivity contribution >= 4 is 34.2 Å². The van der Waals surface area contributed by atoms with E-state index in [-0.39, 0.29) is 23.5 Å². The van der Waals surface area contributed by atoms with E-state index in [0.717, 1.165) is 11.5 Å². The van der Waals surface area contributed by atoms with Crippen LogP contribution in [0.15, 0.2) is 71.5 Å². The average Bonchev–Trinajstić information content (AvgIpc) is 3.17. The van der Waals surface area contributed by atoms with Crippen molar-refractivity contribution in [1.82, 2.24) is 4.98 Å². The standard InChI is InChI=1S/C23H18FN3O4/c1-30-16-6-7-17-14(13-31-21(17)12-16)10-22(28)26-20-11-15(24)5-8-18(20)27-23(29)19-4-2-3-9-25-19/h2-9,11-13H,10H2,1H3,(H,26,28)(H,27,29). The molecule has 156 valence electrons. The molecule has 0 spiro atoms. The van der Waals surface area contributed by atoms with Gasteiger partial charge in [-0.05, 0) is 42.5 Å². The van der Waals surface area contributed by atoms with Gasteiger partial charge in [0, 0.05) is 23.2 Å². The molecule has 4 aromatic rings. The highest BCUT2D eigenvalue weighted by molar-refractivity contribution is 6.06. The summed E-state index contributed by atoms with van der Waals surface area (Å²) < 4.78 is 24.5. The Balaban J connectivity index is 1.52. The minimum absolute atomic E-state index is 0.00344. The van der Waals surface area contributed by atoms with Gasteiger partial charge in [-0.25, -0.2) is 4.39 Å². The molecule has 0 aliphatic rings. The molecule has 0 saturated carbocycles. The van der Waals surface area contributed by atoms with Crippen molar-refractivity contribution in [2.24, 2.45) is 0 Å². The number of halogens is 1. The number of amides is 2. The first-order valence-corrected chi connectivity index (χ1v) is 9.39. The maximum atomic E-state index is 13.8. The first-order valence-electron chi connectivity index (χ1n) is 9.39. The summed E-state index contributed by atoms with van der Waals surface area (Å²) >= 11 is 0. The molecular weight excluding hydrogens is 401 g/mol. The Hall–Kier alpha value is -4.20. The van der Waals surface area contributed by atoms with E-state index in [1.54, 1.807) is 43.5 Å². The Morgan fingerprint density at radius 2 is 1.94 bits per heavy atom. The number of hydrogen-bond donors (Lipinski definition) is 2. The van der Waals surface area contributed by atoms with Crippen LogP contribution >= 0.6 is 0 Å². The monoisotopic (exact) mass is 419 g/mol. The molecular formula is C23H18FN3O4. The maximum absolute atomic E-state index is 13.8. The van der Waals surface area contributed by atoms with E-state index in [0.29, 0.717) is 16.9 Å². The normalized spacial score (nSPS) is 10.6. The largest absolute Gasteiger partial charge is 0.497 e. The van der Waals surface area contributed by atoms with Crippen LogP contribution in [0.1, 0.15) is 16.1 Å². The molecule has 31 heavy (non-hydrogen) atoms. The number of fused-ring (bicyclic) bond motifs is 1. The summed E-state index contributed by atoms with van der Waals surface area (Å²) in [6, 6.07) is 14.0. The van der Waals surface area contributed by atoms with Gasteiger partial charge in [-0.3, -0.25) is 14.6 Å². The van der Waals surface area contributed by atoms with Gasteiger partial charge in [0.05, 0.1) is 31.2 Å². The van der Waals surface area contributed by atoms with E-state index in [9.17, 15) is 14.0 Å². The van der Waals surface area contributed by atoms with E-state index >= 15 is 0 Å². The Morgan fingerprint density at radius 3 is 2.71 bits per heavy atom. The second kappa shape index (κ2) is 8.66. The number of aromatic nitrogens is 1. The third-order valence-corrected chi connectivity index (χ3v) is 4.62. The molecule has 2 aromatic heterocycles. The molecule has 0 fully saturated rings. The van der Waals surface area contributed by atoms with E-state index < -0.39 is 17.6 Å². The number of benzene rings is 2. The van der Waals surface area contributed by atoms with Crippen molar-refractivity contribution in [3.8, 4) is 5.75 Å². The highest BCUT2D eigenvalue weighted by Crippen LogP contribution is 2.27. The molecule has 0 atom stereocenters. The maximum Gasteiger partial charge on any atom is 0.274 e. The van der Waals surface area contributed by atoms with Gasteiger partial charge in [-0.15, -0.1) is 0 Å². The Morgan fingerprint density at radius 1 is 1.06 bits per heavy atom. The minimum Gasteiger partial charge on any atom is -0.497 e. The number of carbonyl (C=O) groups is 2. The van der Waals surface area contributed by atoms with Gasteiger partial charge in [-0.1, -0.05) is 6.07 Å². The van der Waals surface area contributed by atoms with Crippen molar-refractivity contribution in [1.29, 1.82) is 0 Å². The number of nitrogens with one attached hydrogen (secondary N) is 2. The fourth-order valence-electron chi connectivity index (χ4n) is 3.11. The van der Waals surface area contributed by atoms with Gasteiger partial charge in [0.1, 0.15) is 22.8 Å². The summed E-state index contributed by atoms with van der Waals surface area (Å²) in [5.41, 5.74) is 1.86. The lowest BCUT2D eigenvalue weighted by atomic mass is 10.1. The van der Waals surface area contributed by atoms with E-state index in [1.807, 2.05) is 0 Å². The van der Waals surface area contributed by atoms with Gasteiger partial charge >= 0.3 is 0 Å². The summed E-state index contributed by atoms with van der Waals surface area (Å²) in [5, 5.41) is 6.08. The summed E-state index contributed by atoms with van der Waals surface area (Å²) in [4.78, 5) is 29.0. The Bertz CT molecular complexity index is 1250. The third kappa shape index (κ3) is 4.53. The van der Waals surface area contributed by atoms with Crippen LogP contribution < -0.4 is 15.4 Å². The number of furan rings is 1. The Kier molecular flexibility index (Phi) is 5.61. The van der Waals surface area contributed by atoms with Crippen LogP contribution in [0.4, 0.5) is 15.8 Å². The molecule has 0 aliphatic carbocycles. The van der Waals surface area contributed by atoms with Crippen LogP contribution in [-0.2, 0) is 11.2 Å². The Labute approximate surface area is 176 Å². The lowest BCUT2D eigenvalue weighted by molar-refractivity contribution is -0.115. The zero-order valence-corrected chi connectivity index (χ0v) is 16.5. The minimum atomic E-state index is -0.549. The molecule has 8 heteroatoms. The van der Waals surface area contributed by atoms with Crippen LogP contribution in [0.5, 0.6) is 5.75 Å². The number of hydrogen-bond acceptors (Lipinski definition) is 5. The van der Waals surface area contributed by atoms with Crippen LogP contribution in [0.3, 0.4) is 0 Å². The molecule has 2 heterocycles. The summed E-state index contributed by atoms with van der Waals surface area (Å²) in [6.07, 6.45) is 3.00. The number of nitrogens with zero attached hydrogens (tertiary/aromatic N) is 1. The number of methoxy groups -OCH3 is 1. The van der Waals surface area contributed by atoms with Crippen LogP contribution in [0.2, 0.25) is 0 Å². The van der Waals surface area contributed by atoms with Gasteiger partial charge in [0.2, 0.25) is 5.91 Å². The van der Waals surface area contributed by atoms with Crippen LogP contribution in [0, 0.1) is 5.82 Å². The predicted octanol–water partition coefficient (Wildman–Crippen LogP) is 4.41. The SMILES string of the molecule is COc1ccc2c(CC(=O)Nc3cc(F)ccc3NC(=O)c3ccccn3)coc2c1. The summed E-state index contributed by atoms with van der Waals surface area (Å²) in [6.45, 7) is 0. The lowest BCUT2D eigenvalue weighted by Gasteiger charge is -2.12. The van der Waals surface area contributed by atoms with Crippen molar-refractivity contribution in [3.63, 3.8) is 0 Å². The van der Waals surface area contributed by atoms with Crippen molar-refractivity contribution in [2.45, 2.75) is 6.42 Å². The number of anilines is 2. The first-order chi connectivity index (χ1) is 15.0. The fraction of sp³-hybridized carbons (Fsp3) is 0.0870. The lowest BCUT2D eigenvalue weighted by Crippen LogP contribution is -2.18. The van der Waals surface area contributed by atoms with Crippen molar-refractivity contribution < 1.29 is 23.1 Å². The fourth-order valence-corrected chi connectivity index (χ4v) is 3.11. The second-order valence-electron chi connectivity index (χ2n) is 6.71. The van der Waals surface area contributed by atoms with Crippen LogP contribution in [0.25, 0.3) is 11.0 Å². The van der Waals surface area contributed by atoms with Gasteiger partial charge < -0.3 is 19.8 Å². The number of carbonyl (C=O) groups excluding carboxylic acids is 2. The van der Waals surface area contributed by atoms with Crippen molar-refractivity contribution in [2.75, 3.05) is 17.7 Å².